The van der Waals surface area contributed by atoms with Crippen molar-refractivity contribution in [2.75, 3.05) is 50.7 Å². The Labute approximate surface area is 605 Å². The summed E-state index contributed by atoms with van der Waals surface area (Å²) in [7, 11) is 0. The van der Waals surface area contributed by atoms with Gasteiger partial charge in [-0.3, -0.25) is 57.7 Å². The largest absolute Gasteiger partial charge is 0.480 e. The van der Waals surface area contributed by atoms with Crippen LogP contribution in [0.3, 0.4) is 0 Å². The smallest absolute Gasteiger partial charge is 0.326 e. The van der Waals surface area contributed by atoms with Gasteiger partial charge in [0, 0.05) is 36.1 Å². The van der Waals surface area contributed by atoms with E-state index in [4.69, 9.17) is 0 Å². The van der Waals surface area contributed by atoms with Crippen LogP contribution in [0.4, 0.5) is 5.69 Å². The number of aliphatic carboxylic acids is 2. The quantitative estimate of drug-likeness (QED) is 0.0156. The molecule has 2 aromatic rings. The van der Waals surface area contributed by atoms with Crippen molar-refractivity contribution >= 4 is 76.4 Å². The van der Waals surface area contributed by atoms with Crippen LogP contribution in [0.15, 0.2) is 120 Å². The van der Waals surface area contributed by atoms with Gasteiger partial charge in [0.15, 0.2) is 11.6 Å². The van der Waals surface area contributed by atoms with Crippen molar-refractivity contribution in [3.8, 4) is 0 Å². The number of anilines is 1. The number of likely N-dealkylation sites (tertiary alicyclic amines) is 2. The minimum Gasteiger partial charge on any atom is -0.480 e. The molecule has 2 saturated heterocycles. The van der Waals surface area contributed by atoms with E-state index in [2.05, 4.69) is 94.9 Å². The molecule has 0 spiro atoms. The molecule has 0 radical (unpaired) electrons. The summed E-state index contributed by atoms with van der Waals surface area (Å²) in [5.41, 5.74) is 7.69. The van der Waals surface area contributed by atoms with E-state index in [-0.39, 0.29) is 98.7 Å². The number of carboxylic acids is 2. The first-order chi connectivity index (χ1) is 48.1. The van der Waals surface area contributed by atoms with Gasteiger partial charge in [-0.05, 0) is 149 Å². The lowest BCUT2D eigenvalue weighted by molar-refractivity contribution is -0.146. The summed E-state index contributed by atoms with van der Waals surface area (Å²) < 4.78 is 0. The molecule has 0 aliphatic carbocycles. The molecule has 102 heavy (non-hydrogen) atoms. The third-order valence-electron chi connectivity index (χ3n) is 17.6. The Morgan fingerprint density at radius 1 is 0.539 bits per heavy atom. The third-order valence-corrected chi connectivity index (χ3v) is 17.6. The maximum atomic E-state index is 13.7. The van der Waals surface area contributed by atoms with E-state index in [0.717, 1.165) is 54.6 Å². The van der Waals surface area contributed by atoms with Gasteiger partial charge in [-0.1, -0.05) is 179 Å². The zero-order valence-corrected chi connectivity index (χ0v) is 63.3. The van der Waals surface area contributed by atoms with Crippen molar-refractivity contribution in [3.05, 3.63) is 136 Å². The van der Waals surface area contributed by atoms with Crippen LogP contribution in [0.25, 0.3) is 0 Å². The van der Waals surface area contributed by atoms with Gasteiger partial charge < -0.3 is 41.3 Å². The molecule has 22 heteroatoms. The van der Waals surface area contributed by atoms with Gasteiger partial charge in [0.1, 0.15) is 25.2 Å². The second-order valence-electron chi connectivity index (χ2n) is 28.9. The van der Waals surface area contributed by atoms with E-state index in [1.54, 1.807) is 9.80 Å². The van der Waals surface area contributed by atoms with E-state index in [1.807, 2.05) is 134 Å². The monoisotopic (exact) mass is 1410 g/mol. The molecule has 2 heterocycles. The second-order valence-corrected chi connectivity index (χ2v) is 28.9. The number of benzene rings is 2. The number of nitrogens with one attached hydrogen (secondary N) is 4. The van der Waals surface area contributed by atoms with Gasteiger partial charge in [-0.25, -0.2) is 9.59 Å². The molecule has 4 atom stereocenters. The number of nitrogens with zero attached hydrogens (tertiary/aromatic N) is 4. The Morgan fingerprint density at radius 2 is 0.971 bits per heavy atom. The molecule has 560 valence electrons. The molecule has 4 unspecified atom stereocenters. The van der Waals surface area contributed by atoms with Crippen LogP contribution in [-0.2, 0) is 64.1 Å². The molecule has 4 rings (SSSR count). The first-order valence-corrected chi connectivity index (χ1v) is 36.0. The number of allylic oxidation sites excluding steroid dienone is 9. The number of ketones is 2. The minimum absolute atomic E-state index is 0.0187. The molecule has 2 aliphatic rings. The second kappa shape index (κ2) is 44.6. The highest BCUT2D eigenvalue weighted by atomic mass is 16.4. The molecular weight excluding hydrogens is 1300 g/mol. The number of hydrogen-bond acceptors (Lipinski definition) is 14. The molecule has 2 aliphatic heterocycles. The van der Waals surface area contributed by atoms with Crippen LogP contribution in [-0.4, -0.2) is 154 Å². The van der Waals surface area contributed by atoms with Crippen LogP contribution < -0.4 is 26.2 Å². The van der Waals surface area contributed by atoms with Crippen LogP contribution in [0, 0.1) is 35.5 Å². The number of imide groups is 2. The Morgan fingerprint density at radius 3 is 1.38 bits per heavy atom. The van der Waals surface area contributed by atoms with E-state index in [1.165, 1.54) is 0 Å². The number of unbranched alkanes of at least 4 members (excludes halogenated alkanes) is 2. The molecule has 22 nitrogen and oxygen atoms in total. The Bertz CT molecular complexity index is 3420. The maximum absolute atomic E-state index is 13.7. The van der Waals surface area contributed by atoms with Gasteiger partial charge in [0.05, 0.1) is 39.0 Å². The molecule has 0 bridgehead atoms. The highest BCUT2D eigenvalue weighted by Gasteiger charge is 2.42. The number of carboxylic acid groups (broad SMARTS) is 2. The molecule has 0 aromatic heterocycles. The third kappa shape index (κ3) is 30.1. The molecule has 8 amide bonds. The lowest BCUT2D eigenvalue weighted by atomic mass is 9.94. The summed E-state index contributed by atoms with van der Waals surface area (Å²) in [4.78, 5) is 157. The average molecular weight is 1410 g/mol. The highest BCUT2D eigenvalue weighted by Crippen LogP contribution is 2.31. The summed E-state index contributed by atoms with van der Waals surface area (Å²) in [5, 5.41) is 30.2. The first-order valence-electron chi connectivity index (χ1n) is 36.0. The SMILES string of the molecule is CC(C)=C(/C=C\C=C/C(C)C)CN(C(=O)CC(=O)CNCCCCC(NC(=O)CN1C(=O)CC(C(C)C)C1=O)C(=O)O)c1ccccc1C(C)C.CC(C)=C(/C=C\C=C/C(C)C)N(Cc1ccccc1C(C)C)C(=O)CC(=O)CNCCCCC(NC(=O)CN1C(=O)CC(C(C)C)C1=O)C(=O)O. The van der Waals surface area contributed by atoms with Gasteiger partial charge in [-0.15, -0.1) is 0 Å². The van der Waals surface area contributed by atoms with E-state index in [9.17, 15) is 67.7 Å². The predicted octanol–water partition coefficient (Wildman–Crippen LogP) is 11.1. The Hall–Kier alpha value is -8.76. The van der Waals surface area contributed by atoms with Crippen molar-refractivity contribution in [1.29, 1.82) is 0 Å². The zero-order chi connectivity index (χ0) is 76.5. The summed E-state index contributed by atoms with van der Waals surface area (Å²) in [6.45, 7) is 32.4. The normalized spacial score (nSPS) is 15.4. The number of hydrogen-bond donors (Lipinski definition) is 6. The Balaban J connectivity index is 0.000000530. The highest BCUT2D eigenvalue weighted by molar-refractivity contribution is 6.08. The fourth-order valence-corrected chi connectivity index (χ4v) is 11.6. The molecule has 6 N–H and O–H groups in total. The van der Waals surface area contributed by atoms with Crippen molar-refractivity contribution < 1.29 is 67.7 Å². The lowest BCUT2D eigenvalue weighted by Gasteiger charge is -2.27. The van der Waals surface area contributed by atoms with Crippen LogP contribution in [0.1, 0.15) is 204 Å². The summed E-state index contributed by atoms with van der Waals surface area (Å²) in [6.07, 6.45) is 17.6. The summed E-state index contributed by atoms with van der Waals surface area (Å²) in [5.74, 6) is -6.46. The van der Waals surface area contributed by atoms with Crippen LogP contribution in [0.5, 0.6) is 0 Å². The number of carbonyl (C=O) groups excluding carboxylic acids is 10. The standard InChI is InChI=1S/2C40H58N4O7/c1-26(2)15-9-12-19-35(29(7)8)43(24-30-16-10-11-17-32(30)27(3)4)37(47)21-31(45)23-41-20-14-13-18-34(40(50)51)42-36(46)25-44-38(48)22-33(28(5)6)39(44)49;1-26(2)15-9-10-16-30(27(3)4)24-43(35-19-12-11-17-32(35)28(5)6)37(47)21-31(45)23-41-20-14-13-18-34(40(50)51)42-36(46)25-44-38(48)22-33(29(7)8)39(44)49/h9-12,15-17,19,26-28,33-34,41H,13-14,18,20-25H2,1-8H3,(H,42,46)(H,50,51);9-12,15-17,19,26,28-29,33-34,41H,13-14,18,20-25H2,1-8H3,(H,42,46)(H,50,51)/b15-9-,19-12-;15-9-,16-10-. The van der Waals surface area contributed by atoms with Gasteiger partial charge >= 0.3 is 11.9 Å². The Kier molecular flexibility index (Phi) is 38.2. The zero-order valence-electron chi connectivity index (χ0n) is 63.3. The predicted molar refractivity (Wildman–Crippen MR) is 398 cm³/mol. The number of para-hydroxylation sites is 1. The fourth-order valence-electron chi connectivity index (χ4n) is 11.6. The van der Waals surface area contributed by atoms with Crippen LogP contribution >= 0.6 is 0 Å². The molecule has 2 aromatic carbocycles. The fraction of sp³-hybridized carbons (Fsp3) is 0.550. The lowest BCUT2D eigenvalue weighted by Crippen LogP contribution is -2.47. The summed E-state index contributed by atoms with van der Waals surface area (Å²) in [6, 6.07) is 13.4. The van der Waals surface area contributed by atoms with E-state index >= 15 is 0 Å². The van der Waals surface area contributed by atoms with Gasteiger partial charge in [0.25, 0.3) is 0 Å². The molecular formula is C80H116N8O14. The number of rotatable bonds is 42. The van der Waals surface area contributed by atoms with E-state index < -0.39 is 84.4 Å². The van der Waals surface area contributed by atoms with E-state index in [0.29, 0.717) is 63.7 Å². The molecule has 2 fully saturated rings. The minimum atomic E-state index is -1.22. The topological polar surface area (TPSA) is 306 Å². The van der Waals surface area contributed by atoms with Crippen molar-refractivity contribution in [2.24, 2.45) is 35.5 Å². The average Bonchev–Trinajstić information content (AvgIpc) is 1.25. The number of carbonyl (C=O) groups is 12. The van der Waals surface area contributed by atoms with Gasteiger partial charge in [0.2, 0.25) is 47.3 Å². The molecule has 0 saturated carbocycles. The van der Waals surface area contributed by atoms with Gasteiger partial charge in [-0.2, -0.15) is 0 Å². The summed E-state index contributed by atoms with van der Waals surface area (Å²) >= 11 is 0. The first kappa shape index (κ1) is 87.5. The maximum Gasteiger partial charge on any atom is 0.326 e. The van der Waals surface area contributed by atoms with Crippen LogP contribution in [0.2, 0.25) is 0 Å². The number of amides is 8. The van der Waals surface area contributed by atoms with Crippen molar-refractivity contribution in [1.82, 2.24) is 36.0 Å². The van der Waals surface area contributed by atoms with Crippen molar-refractivity contribution in [3.63, 3.8) is 0 Å². The number of Topliss-reactive ketones (excluding diaryl/α,β-unsaturated/α-hetero) is 2. The van der Waals surface area contributed by atoms with Crippen molar-refractivity contribution in [2.45, 2.75) is 205 Å².